The summed E-state index contributed by atoms with van der Waals surface area (Å²) in [6.07, 6.45) is 4.11. The molecule has 0 aromatic carbocycles. The molecule has 0 saturated heterocycles. The second-order valence-electron chi connectivity index (χ2n) is 6.05. The van der Waals surface area contributed by atoms with Crippen LogP contribution in [0.2, 0.25) is 0 Å². The largest absolute Gasteiger partial charge is 0.380 e. The Hall–Kier alpha value is -0.0800. The van der Waals surface area contributed by atoms with Gasteiger partial charge in [-0.25, -0.2) is 0 Å². The maximum absolute atomic E-state index is 5.60. The third-order valence-corrected chi connectivity index (χ3v) is 4.44. The van der Waals surface area contributed by atoms with Crippen LogP contribution in [-0.2, 0) is 4.74 Å². The lowest BCUT2D eigenvalue weighted by Gasteiger charge is -2.38. The van der Waals surface area contributed by atoms with Gasteiger partial charge in [0.25, 0.3) is 0 Å². The van der Waals surface area contributed by atoms with Crippen LogP contribution in [0.5, 0.6) is 0 Å². The maximum Gasteiger partial charge on any atom is 0.0622 e. The van der Waals surface area contributed by atoms with Crippen molar-refractivity contribution in [1.82, 2.24) is 5.32 Å². The molecule has 0 radical (unpaired) electrons. The highest BCUT2D eigenvalue weighted by Crippen LogP contribution is 2.30. The molecule has 0 heterocycles. The minimum Gasteiger partial charge on any atom is -0.380 e. The molecule has 0 aliphatic heterocycles. The third-order valence-electron chi connectivity index (χ3n) is 4.44. The summed E-state index contributed by atoms with van der Waals surface area (Å²) in [6.45, 7) is 13.1. The quantitative estimate of drug-likeness (QED) is 0.769. The Labute approximate surface area is 108 Å². The number of nitrogens with one attached hydrogen (secondary N) is 1. The van der Waals surface area contributed by atoms with Crippen LogP contribution in [0.15, 0.2) is 0 Å². The fourth-order valence-corrected chi connectivity index (χ4v) is 2.77. The van der Waals surface area contributed by atoms with E-state index in [0.29, 0.717) is 18.0 Å². The van der Waals surface area contributed by atoms with Gasteiger partial charge in [-0.2, -0.15) is 0 Å². The van der Waals surface area contributed by atoms with Crippen LogP contribution in [-0.4, -0.2) is 25.3 Å². The first kappa shape index (κ1) is 15.0. The molecule has 1 rings (SSSR count). The van der Waals surface area contributed by atoms with Gasteiger partial charge in [0.1, 0.15) is 0 Å². The minimum atomic E-state index is 0.507. The van der Waals surface area contributed by atoms with Gasteiger partial charge in [0.15, 0.2) is 0 Å². The van der Waals surface area contributed by atoms with Crippen LogP contribution >= 0.6 is 0 Å². The van der Waals surface area contributed by atoms with Crippen molar-refractivity contribution in [3.8, 4) is 0 Å². The van der Waals surface area contributed by atoms with E-state index in [9.17, 15) is 0 Å². The van der Waals surface area contributed by atoms with Crippen LogP contribution < -0.4 is 5.32 Å². The van der Waals surface area contributed by atoms with Crippen LogP contribution in [0, 0.1) is 17.8 Å². The van der Waals surface area contributed by atoms with Crippen molar-refractivity contribution in [2.24, 2.45) is 17.8 Å². The summed E-state index contributed by atoms with van der Waals surface area (Å²) in [5.74, 6) is 2.30. The first-order chi connectivity index (χ1) is 8.06. The summed E-state index contributed by atoms with van der Waals surface area (Å²) in [4.78, 5) is 0. The van der Waals surface area contributed by atoms with E-state index in [2.05, 4.69) is 39.9 Å². The van der Waals surface area contributed by atoms with E-state index in [1.54, 1.807) is 0 Å². The van der Waals surface area contributed by atoms with Crippen molar-refractivity contribution in [1.29, 1.82) is 0 Å². The minimum absolute atomic E-state index is 0.507. The molecule has 0 amide bonds. The van der Waals surface area contributed by atoms with Gasteiger partial charge in [0.05, 0.1) is 6.61 Å². The van der Waals surface area contributed by atoms with Crippen molar-refractivity contribution in [3.05, 3.63) is 0 Å². The molecule has 17 heavy (non-hydrogen) atoms. The number of hydrogen-bond acceptors (Lipinski definition) is 2. The third kappa shape index (κ3) is 4.59. The monoisotopic (exact) mass is 241 g/mol. The van der Waals surface area contributed by atoms with Crippen LogP contribution in [0.4, 0.5) is 0 Å². The molecule has 2 heteroatoms. The lowest BCUT2D eigenvalue weighted by Crippen LogP contribution is -2.49. The maximum atomic E-state index is 5.60. The number of hydrogen-bond donors (Lipinski definition) is 1. The first-order valence-corrected chi connectivity index (χ1v) is 7.40. The fraction of sp³-hybridized carbons (Fsp3) is 1.00. The second kappa shape index (κ2) is 7.38. The molecular weight excluding hydrogens is 210 g/mol. The second-order valence-corrected chi connectivity index (χ2v) is 6.05. The van der Waals surface area contributed by atoms with Crippen LogP contribution in [0.1, 0.15) is 53.9 Å². The topological polar surface area (TPSA) is 21.3 Å². The Morgan fingerprint density at radius 1 is 1.24 bits per heavy atom. The molecule has 1 aliphatic rings. The molecule has 0 spiro atoms. The molecule has 0 aromatic rings. The fourth-order valence-electron chi connectivity index (χ4n) is 2.77. The Morgan fingerprint density at radius 2 is 1.94 bits per heavy atom. The predicted octanol–water partition coefficient (Wildman–Crippen LogP) is 3.46. The normalized spacial score (nSPS) is 31.8. The molecule has 102 valence electrons. The van der Waals surface area contributed by atoms with Crippen molar-refractivity contribution in [3.63, 3.8) is 0 Å². The highest BCUT2D eigenvalue weighted by atomic mass is 16.5. The molecule has 2 nitrogen and oxygen atoms in total. The van der Waals surface area contributed by atoms with E-state index in [4.69, 9.17) is 4.74 Å². The molecule has 4 atom stereocenters. The van der Waals surface area contributed by atoms with E-state index in [0.717, 1.165) is 25.0 Å². The van der Waals surface area contributed by atoms with Gasteiger partial charge in [-0.15, -0.1) is 0 Å². The molecule has 1 N–H and O–H groups in total. The SMILES string of the molecule is CCOCC(NC1CCCC(C)C1C)C(C)C. The van der Waals surface area contributed by atoms with Gasteiger partial charge in [0.2, 0.25) is 0 Å². The Morgan fingerprint density at radius 3 is 2.53 bits per heavy atom. The summed E-state index contributed by atoms with van der Waals surface area (Å²) in [5, 5.41) is 3.85. The van der Waals surface area contributed by atoms with Crippen molar-refractivity contribution in [2.75, 3.05) is 13.2 Å². The Kier molecular flexibility index (Phi) is 6.50. The van der Waals surface area contributed by atoms with Crippen LogP contribution in [0.25, 0.3) is 0 Å². The molecule has 1 fully saturated rings. The van der Waals surface area contributed by atoms with E-state index < -0.39 is 0 Å². The van der Waals surface area contributed by atoms with Gasteiger partial charge in [-0.1, -0.05) is 40.5 Å². The van der Waals surface area contributed by atoms with Crippen LogP contribution in [0.3, 0.4) is 0 Å². The zero-order valence-corrected chi connectivity index (χ0v) is 12.3. The zero-order chi connectivity index (χ0) is 12.8. The Balaban J connectivity index is 2.47. The molecule has 1 aliphatic carbocycles. The number of rotatable bonds is 6. The summed E-state index contributed by atoms with van der Waals surface area (Å²) < 4.78 is 5.60. The average Bonchev–Trinajstić information content (AvgIpc) is 2.29. The summed E-state index contributed by atoms with van der Waals surface area (Å²) >= 11 is 0. The van der Waals surface area contributed by atoms with Crippen molar-refractivity contribution in [2.45, 2.75) is 66.0 Å². The van der Waals surface area contributed by atoms with Gasteiger partial charge in [0, 0.05) is 18.7 Å². The van der Waals surface area contributed by atoms with E-state index in [1.807, 2.05) is 0 Å². The van der Waals surface area contributed by atoms with Gasteiger partial charge in [-0.05, 0) is 31.1 Å². The van der Waals surface area contributed by atoms with E-state index >= 15 is 0 Å². The summed E-state index contributed by atoms with van der Waals surface area (Å²) in [5.41, 5.74) is 0. The van der Waals surface area contributed by atoms with Gasteiger partial charge >= 0.3 is 0 Å². The van der Waals surface area contributed by atoms with Crippen molar-refractivity contribution < 1.29 is 4.74 Å². The van der Waals surface area contributed by atoms with Crippen molar-refractivity contribution >= 4 is 0 Å². The standard InChI is InChI=1S/C15H31NO/c1-6-17-10-15(11(2)3)16-14-9-7-8-12(4)13(14)5/h11-16H,6-10H2,1-5H3. The zero-order valence-electron chi connectivity index (χ0n) is 12.3. The van der Waals surface area contributed by atoms with Gasteiger partial charge in [-0.3, -0.25) is 0 Å². The Bertz CT molecular complexity index is 205. The highest BCUT2D eigenvalue weighted by molar-refractivity contribution is 4.85. The predicted molar refractivity (Wildman–Crippen MR) is 74.2 cm³/mol. The summed E-state index contributed by atoms with van der Waals surface area (Å²) in [6, 6.07) is 1.19. The molecular formula is C15H31NO. The van der Waals surface area contributed by atoms with Gasteiger partial charge < -0.3 is 10.1 Å². The average molecular weight is 241 g/mol. The summed E-state index contributed by atoms with van der Waals surface area (Å²) in [7, 11) is 0. The smallest absolute Gasteiger partial charge is 0.0622 e. The molecule has 0 bridgehead atoms. The highest BCUT2D eigenvalue weighted by Gasteiger charge is 2.29. The lowest BCUT2D eigenvalue weighted by molar-refractivity contribution is 0.0888. The molecule has 1 saturated carbocycles. The van der Waals surface area contributed by atoms with E-state index in [1.165, 1.54) is 19.3 Å². The van der Waals surface area contributed by atoms with E-state index in [-0.39, 0.29) is 0 Å². The number of ether oxygens (including phenoxy) is 1. The lowest BCUT2D eigenvalue weighted by atomic mass is 9.77. The molecule has 4 unspecified atom stereocenters. The molecule has 0 aromatic heterocycles. The first-order valence-electron chi connectivity index (χ1n) is 7.40.